The fraction of sp³-hybridized carbons (Fsp3) is 0.368. The Balaban J connectivity index is 1.49. The van der Waals surface area contributed by atoms with Crippen molar-refractivity contribution in [2.45, 2.75) is 24.8 Å². The number of piperidine rings is 1. The van der Waals surface area contributed by atoms with E-state index in [-0.39, 0.29) is 12.6 Å². The van der Waals surface area contributed by atoms with E-state index in [1.807, 2.05) is 28.0 Å². The molecule has 9 nitrogen and oxygen atoms in total. The molecule has 4 aliphatic rings. The summed E-state index contributed by atoms with van der Waals surface area (Å²) in [6.07, 6.45) is 5.45. The summed E-state index contributed by atoms with van der Waals surface area (Å²) < 4.78 is 16.6. The monoisotopic (exact) mass is 382 g/mol. The van der Waals surface area contributed by atoms with Crippen LogP contribution in [0, 0.1) is 0 Å². The van der Waals surface area contributed by atoms with Gasteiger partial charge in [-0.15, -0.1) is 10.2 Å². The summed E-state index contributed by atoms with van der Waals surface area (Å²) in [5, 5.41) is 8.62. The highest BCUT2D eigenvalue weighted by atomic mass is 16.8. The molecule has 4 aliphatic heterocycles. The molecule has 0 atom stereocenters. The summed E-state index contributed by atoms with van der Waals surface area (Å²) in [5.41, 5.74) is 0.628. The molecule has 6 rings (SSSR count). The van der Waals surface area contributed by atoms with E-state index < -0.39 is 17.8 Å². The minimum atomic E-state index is -1.47. The smallest absolute Gasteiger partial charge is 0.339 e. The molecule has 2 aromatic heterocycles. The zero-order valence-corrected chi connectivity index (χ0v) is 15.0. The molecule has 0 N–H and O–H groups in total. The lowest BCUT2D eigenvalue weighted by atomic mass is 10.1. The van der Waals surface area contributed by atoms with Crippen molar-refractivity contribution in [3.05, 3.63) is 42.7 Å². The Kier molecular flexibility index (Phi) is 3.90. The third-order valence-corrected chi connectivity index (χ3v) is 5.35. The molecule has 0 amide bonds. The molecule has 0 aliphatic carbocycles. The molecule has 1 spiro atoms. The number of hydrogen-bond donors (Lipinski definition) is 0. The number of furan rings is 1. The third kappa shape index (κ3) is 2.84. The lowest BCUT2D eigenvalue weighted by molar-refractivity contribution is -0.274. The van der Waals surface area contributed by atoms with Gasteiger partial charge >= 0.3 is 17.8 Å². The summed E-state index contributed by atoms with van der Waals surface area (Å²) in [4.78, 5) is 28.1. The van der Waals surface area contributed by atoms with Crippen LogP contribution < -0.4 is 4.90 Å². The predicted octanol–water partition coefficient (Wildman–Crippen LogP) is 1.33. The fourth-order valence-electron chi connectivity index (χ4n) is 4.00. The van der Waals surface area contributed by atoms with E-state index in [0.29, 0.717) is 30.4 Å². The fourth-order valence-corrected chi connectivity index (χ4v) is 4.00. The summed E-state index contributed by atoms with van der Waals surface area (Å²) in [7, 11) is 0. The Bertz CT molecular complexity index is 896. The van der Waals surface area contributed by atoms with Crippen molar-refractivity contribution in [1.82, 2.24) is 15.1 Å². The first-order valence-electron chi connectivity index (χ1n) is 9.16. The van der Waals surface area contributed by atoms with Crippen LogP contribution in [0.1, 0.15) is 12.8 Å². The molecule has 2 bridgehead atoms. The van der Waals surface area contributed by atoms with E-state index >= 15 is 0 Å². The van der Waals surface area contributed by atoms with Crippen LogP contribution in [0.15, 0.2) is 47.1 Å². The van der Waals surface area contributed by atoms with Gasteiger partial charge in [0.25, 0.3) is 0 Å². The number of esters is 2. The number of carbonyl (C=O) groups excluding carboxylic acids is 2. The van der Waals surface area contributed by atoms with Gasteiger partial charge in [0.05, 0.1) is 6.26 Å². The van der Waals surface area contributed by atoms with Crippen LogP contribution in [-0.2, 0) is 19.1 Å². The quantitative estimate of drug-likeness (QED) is 0.712. The summed E-state index contributed by atoms with van der Waals surface area (Å²) in [6.45, 7) is 1.48. The van der Waals surface area contributed by atoms with Gasteiger partial charge in [-0.05, 0) is 37.1 Å². The maximum atomic E-state index is 12.1. The molecule has 144 valence electrons. The molecule has 2 aromatic rings. The van der Waals surface area contributed by atoms with Crippen LogP contribution in [0.4, 0.5) is 5.82 Å². The summed E-state index contributed by atoms with van der Waals surface area (Å²) in [5.74, 6) is -1.40. The number of anilines is 1. The van der Waals surface area contributed by atoms with Gasteiger partial charge in [0, 0.05) is 31.3 Å². The average Bonchev–Trinajstić information content (AvgIpc) is 3.11. The van der Waals surface area contributed by atoms with Crippen LogP contribution in [0.5, 0.6) is 0 Å². The maximum absolute atomic E-state index is 12.1. The van der Waals surface area contributed by atoms with Crippen molar-refractivity contribution in [1.29, 1.82) is 0 Å². The van der Waals surface area contributed by atoms with E-state index in [2.05, 4.69) is 10.2 Å². The molecular formula is C19H18N4O5. The second-order valence-corrected chi connectivity index (χ2v) is 6.99. The van der Waals surface area contributed by atoms with Gasteiger partial charge in [-0.25, -0.2) is 14.5 Å². The highest BCUT2D eigenvalue weighted by Gasteiger charge is 2.52. The number of nitrogens with zero attached hydrogens (tertiary/aromatic N) is 4. The second kappa shape index (κ2) is 6.45. The van der Waals surface area contributed by atoms with Crippen molar-refractivity contribution >= 4 is 17.8 Å². The predicted molar refractivity (Wildman–Crippen MR) is 95.7 cm³/mol. The van der Waals surface area contributed by atoms with Gasteiger partial charge in [0.2, 0.25) is 0 Å². The molecule has 6 heterocycles. The Morgan fingerprint density at radius 1 is 1.00 bits per heavy atom. The number of ether oxygens (including phenoxy) is 2. The normalized spacial score (nSPS) is 25.9. The Hall–Kier alpha value is -3.20. The van der Waals surface area contributed by atoms with Gasteiger partial charge in [-0.1, -0.05) is 0 Å². The van der Waals surface area contributed by atoms with Crippen molar-refractivity contribution in [3.8, 4) is 11.5 Å². The molecule has 3 fully saturated rings. The highest BCUT2D eigenvalue weighted by molar-refractivity contribution is 5.93. The lowest BCUT2D eigenvalue weighted by Crippen LogP contribution is -2.58. The van der Waals surface area contributed by atoms with Gasteiger partial charge in [-0.2, -0.15) is 0 Å². The standard InChI is InChI=1S/C19H18N4O5/c24-17-5-6-18(25)28-19(27-17)12-23(13-7-9-22(19)10-8-13)16-4-3-14(20-21-16)15-2-1-11-26-15/h1-6,11,13H,7-10,12H2. The van der Waals surface area contributed by atoms with Crippen molar-refractivity contribution in [2.75, 3.05) is 24.5 Å². The zero-order chi connectivity index (χ0) is 19.1. The SMILES string of the molecule is O=C1C=CC(=O)OC2(CN(c3ccc(-c4ccco4)nn3)C3CCN2CC3)O1. The van der Waals surface area contributed by atoms with E-state index in [0.717, 1.165) is 25.0 Å². The van der Waals surface area contributed by atoms with Crippen molar-refractivity contribution in [3.63, 3.8) is 0 Å². The van der Waals surface area contributed by atoms with Crippen LogP contribution in [0.25, 0.3) is 11.5 Å². The van der Waals surface area contributed by atoms with E-state index in [1.54, 1.807) is 12.3 Å². The van der Waals surface area contributed by atoms with Gasteiger partial charge < -0.3 is 18.8 Å². The second-order valence-electron chi connectivity index (χ2n) is 6.99. The largest absolute Gasteiger partial charge is 0.463 e. The Labute approximate surface area is 160 Å². The Morgan fingerprint density at radius 3 is 2.36 bits per heavy atom. The van der Waals surface area contributed by atoms with Crippen LogP contribution >= 0.6 is 0 Å². The number of hydrogen-bond acceptors (Lipinski definition) is 9. The topological polar surface area (TPSA) is 98.0 Å². The summed E-state index contributed by atoms with van der Waals surface area (Å²) in [6, 6.07) is 7.48. The van der Waals surface area contributed by atoms with Crippen molar-refractivity contribution < 1.29 is 23.5 Å². The number of carbonyl (C=O) groups is 2. The summed E-state index contributed by atoms with van der Waals surface area (Å²) >= 11 is 0. The van der Waals surface area contributed by atoms with Gasteiger partial charge in [0.15, 0.2) is 11.6 Å². The molecule has 3 saturated heterocycles. The average molecular weight is 382 g/mol. The van der Waals surface area contributed by atoms with Crippen LogP contribution in [0.3, 0.4) is 0 Å². The molecule has 0 radical (unpaired) electrons. The molecule has 0 unspecified atom stereocenters. The van der Waals surface area contributed by atoms with Gasteiger partial charge in [0.1, 0.15) is 12.2 Å². The molecule has 0 saturated carbocycles. The first kappa shape index (κ1) is 16.9. The van der Waals surface area contributed by atoms with E-state index in [9.17, 15) is 9.59 Å². The van der Waals surface area contributed by atoms with Crippen molar-refractivity contribution in [2.24, 2.45) is 0 Å². The molecule has 28 heavy (non-hydrogen) atoms. The van der Waals surface area contributed by atoms with Crippen LogP contribution in [-0.4, -0.2) is 58.6 Å². The first-order valence-corrected chi connectivity index (χ1v) is 9.16. The molecule has 0 aromatic carbocycles. The molecule has 9 heteroatoms. The number of rotatable bonds is 2. The zero-order valence-electron chi connectivity index (χ0n) is 15.0. The van der Waals surface area contributed by atoms with E-state index in [1.165, 1.54) is 0 Å². The number of fused-ring (bicyclic) bond motifs is 3. The van der Waals surface area contributed by atoms with Gasteiger partial charge in [-0.3, -0.25) is 0 Å². The lowest BCUT2D eigenvalue weighted by Gasteiger charge is -2.39. The van der Waals surface area contributed by atoms with Crippen LogP contribution in [0.2, 0.25) is 0 Å². The number of aromatic nitrogens is 2. The van der Waals surface area contributed by atoms with E-state index in [4.69, 9.17) is 13.9 Å². The third-order valence-electron chi connectivity index (χ3n) is 5.35. The maximum Gasteiger partial charge on any atom is 0.339 e. The molecular weight excluding hydrogens is 364 g/mol. The minimum Gasteiger partial charge on any atom is -0.463 e. The minimum absolute atomic E-state index is 0.172. The highest BCUT2D eigenvalue weighted by Crippen LogP contribution is 2.36. The Morgan fingerprint density at radius 2 is 1.75 bits per heavy atom. The first-order chi connectivity index (χ1) is 13.6.